The molecular weight excluding hydrogens is 194 g/mol. The maximum Gasteiger partial charge on any atom is 0.200 e. The van der Waals surface area contributed by atoms with E-state index in [-0.39, 0.29) is 11.5 Å². The van der Waals surface area contributed by atoms with Gasteiger partial charge in [0.05, 0.1) is 0 Å². The van der Waals surface area contributed by atoms with Gasteiger partial charge in [-0.1, -0.05) is 5.16 Å². The molecule has 0 saturated heterocycles. The van der Waals surface area contributed by atoms with Crippen LogP contribution in [0.3, 0.4) is 0 Å². The Morgan fingerprint density at radius 2 is 2.14 bits per heavy atom. The highest BCUT2D eigenvalue weighted by atomic mass is 16.6. The van der Waals surface area contributed by atoms with Crippen molar-refractivity contribution in [2.45, 2.75) is 0 Å². The predicted molar refractivity (Wildman–Crippen MR) is 40.6 cm³/mol. The summed E-state index contributed by atoms with van der Waals surface area (Å²) in [7, 11) is 0. The molecule has 1 aromatic rings. The van der Waals surface area contributed by atoms with E-state index in [4.69, 9.17) is 16.3 Å². The van der Waals surface area contributed by atoms with E-state index in [1.165, 1.54) is 0 Å². The highest BCUT2D eigenvalue weighted by Crippen LogP contribution is 2.15. The molecule has 1 N–H and O–H groups in total. The lowest BCUT2D eigenvalue weighted by Gasteiger charge is -1.87. The number of rotatable bonds is 2. The molecule has 0 radical (unpaired) electrons. The molecule has 0 aromatic carbocycles. The fourth-order valence-corrected chi connectivity index (χ4v) is 0.590. The zero-order chi connectivity index (χ0) is 10.4. The lowest BCUT2D eigenvalue weighted by molar-refractivity contribution is 0.304. The summed E-state index contributed by atoms with van der Waals surface area (Å²) >= 11 is 0. The van der Waals surface area contributed by atoms with Gasteiger partial charge < -0.3 is 5.21 Å². The molecule has 0 unspecified atom stereocenters. The van der Waals surface area contributed by atoms with Crippen molar-refractivity contribution < 1.29 is 9.84 Å². The van der Waals surface area contributed by atoms with E-state index in [1.54, 1.807) is 0 Å². The van der Waals surface area contributed by atoms with Crippen molar-refractivity contribution in [2.24, 2.45) is 15.4 Å². The molecule has 0 fully saturated rings. The third kappa shape index (κ3) is 1.69. The van der Waals surface area contributed by atoms with Gasteiger partial charge in [-0.05, 0) is 31.6 Å². The molecule has 0 atom stereocenters. The van der Waals surface area contributed by atoms with Crippen LogP contribution in [0.5, 0.6) is 0 Å². The van der Waals surface area contributed by atoms with Crippen molar-refractivity contribution in [3.05, 3.63) is 26.6 Å². The van der Waals surface area contributed by atoms with Gasteiger partial charge in [0.15, 0.2) is 11.5 Å². The number of nitrogens with zero attached hydrogens (tertiary/aromatic N) is 9. The molecule has 1 rings (SSSR count). The second-order valence-electron chi connectivity index (χ2n) is 1.74. The molecular formula is C3HN9O2. The summed E-state index contributed by atoms with van der Waals surface area (Å²) in [5.41, 5.74) is 15.9. The van der Waals surface area contributed by atoms with Crippen LogP contribution < -0.4 is 0 Å². The Labute approximate surface area is 74.8 Å². The smallest absolute Gasteiger partial charge is 0.200 e. The van der Waals surface area contributed by atoms with E-state index in [9.17, 15) is 0 Å². The first-order valence-electron chi connectivity index (χ1n) is 2.98. The highest BCUT2D eigenvalue weighted by Gasteiger charge is 2.14. The SMILES string of the molecule is [N-]=[N+]=NC(=NO)c1nonc1N=[N+]=[N-]. The summed E-state index contributed by atoms with van der Waals surface area (Å²) in [6.45, 7) is 0. The average Bonchev–Trinajstić information content (AvgIpc) is 2.63. The molecule has 1 heterocycles. The fraction of sp³-hybridized carbons (Fsp3) is 0. The van der Waals surface area contributed by atoms with E-state index >= 15 is 0 Å². The Hall–Kier alpha value is -2.77. The molecule has 0 aliphatic heterocycles. The average molecular weight is 195 g/mol. The van der Waals surface area contributed by atoms with Gasteiger partial charge >= 0.3 is 0 Å². The molecule has 0 bridgehead atoms. The Balaban J connectivity index is 3.23. The second kappa shape index (κ2) is 4.30. The maximum atomic E-state index is 8.40. The molecule has 11 heteroatoms. The van der Waals surface area contributed by atoms with Crippen molar-refractivity contribution in [1.29, 1.82) is 0 Å². The van der Waals surface area contributed by atoms with Crippen LogP contribution in [0, 0.1) is 0 Å². The minimum Gasteiger partial charge on any atom is -0.410 e. The topological polar surface area (TPSA) is 169 Å². The number of oxime groups is 1. The first-order chi connectivity index (χ1) is 6.83. The third-order valence-electron chi connectivity index (χ3n) is 1.06. The minimum absolute atomic E-state index is 0.247. The van der Waals surface area contributed by atoms with E-state index in [2.05, 4.69) is 40.2 Å². The van der Waals surface area contributed by atoms with Crippen LogP contribution >= 0.6 is 0 Å². The molecule has 70 valence electrons. The van der Waals surface area contributed by atoms with Crippen LogP contribution in [0.4, 0.5) is 5.82 Å². The summed E-state index contributed by atoms with van der Waals surface area (Å²) in [5, 5.41) is 23.4. The molecule has 0 amide bonds. The molecule has 11 nitrogen and oxygen atoms in total. The van der Waals surface area contributed by atoms with Gasteiger partial charge in [-0.3, -0.25) is 0 Å². The van der Waals surface area contributed by atoms with Gasteiger partial charge in [0, 0.05) is 9.82 Å². The molecule has 14 heavy (non-hydrogen) atoms. The lowest BCUT2D eigenvalue weighted by atomic mass is 10.4. The number of hydrogen-bond donors (Lipinski definition) is 1. The highest BCUT2D eigenvalue weighted by molar-refractivity contribution is 6.00. The van der Waals surface area contributed by atoms with Crippen molar-refractivity contribution in [3.8, 4) is 0 Å². The standard InChI is InChI=1S/C3HN9O2/c4-11-6-2(8-13)1-3(7-12-5)10-14-9-1/h13H. The first kappa shape index (κ1) is 9.32. The third-order valence-corrected chi connectivity index (χ3v) is 1.06. The van der Waals surface area contributed by atoms with Crippen molar-refractivity contribution >= 4 is 11.7 Å². The zero-order valence-corrected chi connectivity index (χ0v) is 6.38. The Morgan fingerprint density at radius 1 is 1.36 bits per heavy atom. The predicted octanol–water partition coefficient (Wildman–Crippen LogP) is 1.46. The normalized spacial score (nSPS) is 10.1. The van der Waals surface area contributed by atoms with Gasteiger partial charge in [-0.15, -0.1) is 0 Å². The van der Waals surface area contributed by atoms with Crippen LogP contribution in [0.2, 0.25) is 0 Å². The quantitative estimate of drug-likeness (QED) is 0.143. The van der Waals surface area contributed by atoms with Gasteiger partial charge in [-0.2, -0.15) is 0 Å². The van der Waals surface area contributed by atoms with E-state index in [0.29, 0.717) is 0 Å². The molecule has 0 spiro atoms. The van der Waals surface area contributed by atoms with Crippen LogP contribution in [0.15, 0.2) is 20.0 Å². The van der Waals surface area contributed by atoms with Gasteiger partial charge in [-0.25, -0.2) is 4.63 Å². The van der Waals surface area contributed by atoms with Crippen molar-refractivity contribution in [3.63, 3.8) is 0 Å². The van der Waals surface area contributed by atoms with Crippen molar-refractivity contribution in [1.82, 2.24) is 10.3 Å². The molecule has 0 aliphatic carbocycles. The van der Waals surface area contributed by atoms with Crippen LogP contribution in [0.1, 0.15) is 5.69 Å². The minimum atomic E-state index is -0.504. The van der Waals surface area contributed by atoms with Crippen LogP contribution in [-0.2, 0) is 0 Å². The number of hydrogen-bond acceptors (Lipinski definition) is 6. The molecule has 1 aromatic heterocycles. The monoisotopic (exact) mass is 195 g/mol. The van der Waals surface area contributed by atoms with Crippen molar-refractivity contribution in [2.75, 3.05) is 0 Å². The summed E-state index contributed by atoms with van der Waals surface area (Å²) in [6.07, 6.45) is 0. The number of aromatic nitrogens is 2. The Morgan fingerprint density at radius 3 is 2.71 bits per heavy atom. The number of amidine groups is 1. The summed E-state index contributed by atoms with van der Waals surface area (Å²) in [6, 6.07) is 0. The summed E-state index contributed by atoms with van der Waals surface area (Å²) in [4.78, 5) is 4.76. The Bertz CT molecular complexity index is 446. The largest absolute Gasteiger partial charge is 0.410 e. The van der Waals surface area contributed by atoms with Gasteiger partial charge in [0.1, 0.15) is 0 Å². The Kier molecular flexibility index (Phi) is 2.86. The summed E-state index contributed by atoms with van der Waals surface area (Å²) < 4.78 is 4.19. The van der Waals surface area contributed by atoms with Crippen LogP contribution in [-0.4, -0.2) is 21.4 Å². The van der Waals surface area contributed by atoms with Crippen LogP contribution in [0.25, 0.3) is 20.9 Å². The number of azide groups is 2. The summed E-state index contributed by atoms with van der Waals surface area (Å²) in [5.74, 6) is -0.788. The van der Waals surface area contributed by atoms with E-state index in [1.807, 2.05) is 0 Å². The maximum absolute atomic E-state index is 8.40. The van der Waals surface area contributed by atoms with Gasteiger partial charge in [0.2, 0.25) is 5.82 Å². The first-order valence-corrected chi connectivity index (χ1v) is 2.98. The fourth-order valence-electron chi connectivity index (χ4n) is 0.590. The molecule has 0 saturated carbocycles. The van der Waals surface area contributed by atoms with E-state index < -0.39 is 5.84 Å². The zero-order valence-electron chi connectivity index (χ0n) is 6.38. The lowest BCUT2D eigenvalue weighted by Crippen LogP contribution is -1.96. The van der Waals surface area contributed by atoms with E-state index in [0.717, 1.165) is 0 Å². The molecule has 0 aliphatic rings. The second-order valence-corrected chi connectivity index (χ2v) is 1.74. The van der Waals surface area contributed by atoms with Gasteiger partial charge in [0.25, 0.3) is 0 Å².